The molecule has 0 fully saturated rings. The van der Waals surface area contributed by atoms with Gasteiger partial charge in [0, 0.05) is 41.7 Å². The number of alkyl halides is 3. The van der Waals surface area contributed by atoms with Crippen molar-refractivity contribution in [2.24, 2.45) is 7.05 Å². The molecule has 0 amide bonds. The number of hydrogen-bond acceptors (Lipinski definition) is 1. The van der Waals surface area contributed by atoms with E-state index >= 15 is 0 Å². The number of ether oxygens (including phenoxy) is 1. The zero-order chi connectivity index (χ0) is 18.4. The summed E-state index contributed by atoms with van der Waals surface area (Å²) in [7, 11) is 1.78. The minimum absolute atomic E-state index is 0.241. The van der Waals surface area contributed by atoms with Gasteiger partial charge in [0.1, 0.15) is 5.75 Å². The summed E-state index contributed by atoms with van der Waals surface area (Å²) in [5, 5.41) is 1.79. The lowest BCUT2D eigenvalue weighted by Crippen LogP contribution is -2.17. The van der Waals surface area contributed by atoms with E-state index < -0.39 is 6.36 Å². The van der Waals surface area contributed by atoms with Gasteiger partial charge in [0.2, 0.25) is 0 Å². The van der Waals surface area contributed by atoms with Gasteiger partial charge < -0.3 is 9.30 Å². The van der Waals surface area contributed by atoms with Crippen molar-refractivity contribution < 1.29 is 17.9 Å². The van der Waals surface area contributed by atoms with Crippen molar-refractivity contribution >= 4 is 34.1 Å². The van der Waals surface area contributed by atoms with Crippen LogP contribution < -0.4 is 4.74 Å². The number of aromatic nitrogens is 1. The highest BCUT2D eigenvalue weighted by atomic mass is 35.5. The number of benzene rings is 2. The van der Waals surface area contributed by atoms with Crippen LogP contribution in [0.5, 0.6) is 5.75 Å². The van der Waals surface area contributed by atoms with E-state index in [-0.39, 0.29) is 5.75 Å². The fourth-order valence-corrected chi connectivity index (χ4v) is 3.32. The molecule has 0 saturated carbocycles. The molecule has 0 N–H and O–H groups in total. The molecule has 0 unspecified atom stereocenters. The lowest BCUT2D eigenvalue weighted by Gasteiger charge is -2.11. The first-order valence-electron chi connectivity index (χ1n) is 7.35. The van der Waals surface area contributed by atoms with Gasteiger partial charge in [-0.25, -0.2) is 0 Å². The van der Waals surface area contributed by atoms with Crippen molar-refractivity contribution in [3.05, 3.63) is 63.3 Å². The molecule has 0 aliphatic heterocycles. The zero-order valence-electron chi connectivity index (χ0n) is 13.3. The van der Waals surface area contributed by atoms with E-state index in [4.69, 9.17) is 23.2 Å². The van der Waals surface area contributed by atoms with E-state index in [0.29, 0.717) is 27.5 Å². The van der Waals surface area contributed by atoms with E-state index in [1.165, 1.54) is 12.1 Å². The second-order valence-electron chi connectivity index (χ2n) is 5.71. The summed E-state index contributed by atoms with van der Waals surface area (Å²) < 4.78 is 43.3. The molecule has 0 aliphatic rings. The van der Waals surface area contributed by atoms with Crippen LogP contribution in [0.3, 0.4) is 0 Å². The first kappa shape index (κ1) is 18.0. The van der Waals surface area contributed by atoms with E-state index in [2.05, 4.69) is 10.8 Å². The maximum Gasteiger partial charge on any atom is 0.573 e. The maximum absolute atomic E-state index is 12.5. The first-order chi connectivity index (χ1) is 11.7. The Bertz CT molecular complexity index is 927. The average Bonchev–Trinajstić information content (AvgIpc) is 2.79. The highest BCUT2D eigenvalue weighted by Gasteiger charge is 2.31. The molecule has 0 atom stereocenters. The van der Waals surface area contributed by atoms with Crippen molar-refractivity contribution in [3.63, 3.8) is 0 Å². The quantitative estimate of drug-likeness (QED) is 0.531. The summed E-state index contributed by atoms with van der Waals surface area (Å²) in [6.45, 7) is 1.74. The largest absolute Gasteiger partial charge is 0.573 e. The molecule has 2 nitrogen and oxygen atoms in total. The fourth-order valence-electron chi connectivity index (χ4n) is 2.82. The van der Waals surface area contributed by atoms with E-state index in [1.54, 1.807) is 26.1 Å². The van der Waals surface area contributed by atoms with Crippen LogP contribution in [0.2, 0.25) is 10.0 Å². The standard InChI is InChI=1S/C18H13Cl2F3NO/c1-10-6-12(25-18(21,22)23)9-17-13(10)7-11(24(17)2)8-14-15(19)4-3-5-16(14)20/h3-4,6-7,9H,8H2,1-2H3. The lowest BCUT2D eigenvalue weighted by molar-refractivity contribution is -0.274. The van der Waals surface area contributed by atoms with Crippen molar-refractivity contribution in [2.75, 3.05) is 0 Å². The molecule has 0 aliphatic carbocycles. The van der Waals surface area contributed by atoms with Crippen LogP contribution >= 0.6 is 23.2 Å². The van der Waals surface area contributed by atoms with Crippen LogP contribution in [0.15, 0.2) is 30.3 Å². The minimum Gasteiger partial charge on any atom is -0.406 e. The lowest BCUT2D eigenvalue weighted by atomic mass is 10.1. The number of aryl methyl sites for hydroxylation is 2. The molecular weight excluding hydrogens is 374 g/mol. The highest BCUT2D eigenvalue weighted by Crippen LogP contribution is 2.33. The normalized spacial score (nSPS) is 12.0. The van der Waals surface area contributed by atoms with Crippen LogP contribution in [-0.2, 0) is 13.5 Å². The summed E-state index contributed by atoms with van der Waals surface area (Å²) in [5.41, 5.74) is 2.92. The minimum atomic E-state index is -4.73. The van der Waals surface area contributed by atoms with Gasteiger partial charge in [-0.15, -0.1) is 13.2 Å². The van der Waals surface area contributed by atoms with Crippen LogP contribution in [0.4, 0.5) is 13.2 Å². The van der Waals surface area contributed by atoms with Gasteiger partial charge in [-0.2, -0.15) is 0 Å². The second kappa shape index (κ2) is 6.46. The topological polar surface area (TPSA) is 14.2 Å². The number of hydrogen-bond donors (Lipinski definition) is 0. The number of fused-ring (bicyclic) bond motifs is 1. The summed E-state index contributed by atoms with van der Waals surface area (Å²) in [5.74, 6) is -0.241. The number of halogens is 5. The van der Waals surface area contributed by atoms with Gasteiger partial charge >= 0.3 is 6.36 Å². The molecule has 3 rings (SSSR count). The van der Waals surface area contributed by atoms with Crippen molar-refractivity contribution in [1.29, 1.82) is 0 Å². The molecule has 0 bridgehead atoms. The smallest absolute Gasteiger partial charge is 0.406 e. The Morgan fingerprint density at radius 2 is 1.92 bits per heavy atom. The maximum atomic E-state index is 12.5. The molecule has 0 saturated heterocycles. The molecule has 131 valence electrons. The third-order valence-electron chi connectivity index (χ3n) is 4.03. The Morgan fingerprint density at radius 3 is 2.56 bits per heavy atom. The Hall–Kier alpha value is -1.85. The summed E-state index contributed by atoms with van der Waals surface area (Å²) >= 11 is 12.4. The number of rotatable bonds is 3. The third kappa shape index (κ3) is 3.72. The third-order valence-corrected chi connectivity index (χ3v) is 4.72. The van der Waals surface area contributed by atoms with Gasteiger partial charge in [-0.1, -0.05) is 29.3 Å². The van der Waals surface area contributed by atoms with Crippen LogP contribution in [0.1, 0.15) is 16.8 Å². The van der Waals surface area contributed by atoms with Gasteiger partial charge in [0.15, 0.2) is 0 Å². The molecular formula is C18H13Cl2F3NO. The molecule has 1 heterocycles. The van der Waals surface area contributed by atoms with Crippen molar-refractivity contribution in [1.82, 2.24) is 4.57 Å². The average molecular weight is 387 g/mol. The van der Waals surface area contributed by atoms with Crippen LogP contribution in [-0.4, -0.2) is 10.9 Å². The Kier molecular flexibility index (Phi) is 4.64. The zero-order valence-corrected chi connectivity index (χ0v) is 14.9. The van der Waals surface area contributed by atoms with Gasteiger partial charge in [0.05, 0.1) is 10.5 Å². The van der Waals surface area contributed by atoms with Gasteiger partial charge in [-0.05, 0) is 36.2 Å². The molecule has 1 aromatic heterocycles. The Labute approximate surface area is 152 Å². The molecule has 0 spiro atoms. The van der Waals surface area contributed by atoms with Crippen LogP contribution in [0.25, 0.3) is 10.9 Å². The highest BCUT2D eigenvalue weighted by molar-refractivity contribution is 6.35. The monoisotopic (exact) mass is 386 g/mol. The predicted molar refractivity (Wildman–Crippen MR) is 92.4 cm³/mol. The summed E-state index contributed by atoms with van der Waals surface area (Å²) in [6.07, 6.45) is -4.29. The molecule has 2 aromatic carbocycles. The Morgan fingerprint density at radius 1 is 1.20 bits per heavy atom. The first-order valence-corrected chi connectivity index (χ1v) is 8.10. The van der Waals surface area contributed by atoms with E-state index in [1.807, 2.05) is 10.6 Å². The van der Waals surface area contributed by atoms with Crippen molar-refractivity contribution in [3.8, 4) is 5.75 Å². The molecule has 1 radical (unpaired) electrons. The van der Waals surface area contributed by atoms with Crippen LogP contribution in [0, 0.1) is 13.0 Å². The fraction of sp³-hybridized carbons (Fsp3) is 0.222. The SMILES string of the molecule is Cc1cc(OC(F)(F)F)cc2c1cc(Cc1c(Cl)[c]ccc1Cl)n2C. The van der Waals surface area contributed by atoms with Crippen molar-refractivity contribution in [2.45, 2.75) is 19.7 Å². The second-order valence-corrected chi connectivity index (χ2v) is 6.50. The molecule has 3 aromatic rings. The summed E-state index contributed by atoms with van der Waals surface area (Å²) in [6, 6.07) is 10.9. The molecule has 7 heteroatoms. The predicted octanol–water partition coefficient (Wildman–Crippen LogP) is 6.08. The van der Waals surface area contributed by atoms with E-state index in [0.717, 1.165) is 16.6 Å². The van der Waals surface area contributed by atoms with Gasteiger partial charge in [-0.3, -0.25) is 0 Å². The van der Waals surface area contributed by atoms with Gasteiger partial charge in [0.25, 0.3) is 0 Å². The van der Waals surface area contributed by atoms with E-state index in [9.17, 15) is 13.2 Å². The molecule has 25 heavy (non-hydrogen) atoms. The Balaban J connectivity index is 2.06. The summed E-state index contributed by atoms with van der Waals surface area (Å²) in [4.78, 5) is 0. The number of nitrogens with zero attached hydrogens (tertiary/aromatic N) is 1.